The van der Waals surface area contributed by atoms with Crippen molar-refractivity contribution in [2.75, 3.05) is 5.32 Å². The highest BCUT2D eigenvalue weighted by molar-refractivity contribution is 7.13. The average Bonchev–Trinajstić information content (AvgIpc) is 3.10. The zero-order valence-corrected chi connectivity index (χ0v) is 12.9. The van der Waals surface area contributed by atoms with Crippen LogP contribution in [0.5, 0.6) is 0 Å². The second-order valence-corrected chi connectivity index (χ2v) is 5.72. The van der Waals surface area contributed by atoms with Crippen LogP contribution in [0.25, 0.3) is 10.6 Å². The van der Waals surface area contributed by atoms with Gasteiger partial charge in [0.15, 0.2) is 0 Å². The Morgan fingerprint density at radius 3 is 2.78 bits per heavy atom. The molecular weight excluding hydrogens is 313 g/mol. The van der Waals surface area contributed by atoms with Gasteiger partial charge in [-0.15, -0.1) is 11.3 Å². The van der Waals surface area contributed by atoms with E-state index in [0.29, 0.717) is 6.54 Å². The number of hydrogen-bond acceptors (Lipinski definition) is 3. The molecule has 6 heteroatoms. The molecule has 4 nitrogen and oxygen atoms in total. The van der Waals surface area contributed by atoms with Gasteiger partial charge in [0.05, 0.1) is 16.3 Å². The fourth-order valence-corrected chi connectivity index (χ4v) is 2.88. The number of rotatable bonds is 4. The summed E-state index contributed by atoms with van der Waals surface area (Å²) in [7, 11) is 0. The fraction of sp³-hybridized carbons (Fsp3) is 0.0588. The summed E-state index contributed by atoms with van der Waals surface area (Å²) < 4.78 is 13.5. The first kappa shape index (κ1) is 15.2. The van der Waals surface area contributed by atoms with E-state index in [2.05, 4.69) is 15.6 Å². The Bertz CT molecular complexity index is 805. The van der Waals surface area contributed by atoms with Gasteiger partial charge in [-0.2, -0.15) is 0 Å². The van der Waals surface area contributed by atoms with Gasteiger partial charge in [-0.25, -0.2) is 9.18 Å². The molecule has 0 unspecified atom stereocenters. The van der Waals surface area contributed by atoms with Gasteiger partial charge in [0.25, 0.3) is 0 Å². The first-order valence-corrected chi connectivity index (χ1v) is 7.89. The van der Waals surface area contributed by atoms with Gasteiger partial charge in [0, 0.05) is 12.7 Å². The van der Waals surface area contributed by atoms with Crippen molar-refractivity contribution in [1.82, 2.24) is 10.3 Å². The van der Waals surface area contributed by atoms with Gasteiger partial charge < -0.3 is 10.6 Å². The number of aromatic nitrogens is 1. The van der Waals surface area contributed by atoms with Gasteiger partial charge in [0.2, 0.25) is 0 Å². The summed E-state index contributed by atoms with van der Waals surface area (Å²) in [5.41, 5.74) is 1.89. The second kappa shape index (κ2) is 7.02. The Morgan fingerprint density at radius 2 is 2.00 bits per heavy atom. The maximum absolute atomic E-state index is 13.5. The monoisotopic (exact) mass is 327 g/mol. The standard InChI is InChI=1S/C17H14FN3OS/c18-13-6-1-2-7-14(13)21-17(22)20-11-12-5-3-9-19-16(12)15-8-4-10-23-15/h1-10H,11H2,(H2,20,21,22). The van der Waals surface area contributed by atoms with Crippen LogP contribution in [-0.2, 0) is 6.54 Å². The minimum atomic E-state index is -0.469. The fourth-order valence-electron chi connectivity index (χ4n) is 2.12. The number of pyridine rings is 1. The van der Waals surface area contributed by atoms with E-state index in [1.807, 2.05) is 29.6 Å². The third-order valence-corrected chi connectivity index (χ3v) is 4.08. The number of nitrogens with one attached hydrogen (secondary N) is 2. The van der Waals surface area contributed by atoms with Crippen molar-refractivity contribution in [2.45, 2.75) is 6.54 Å². The Kier molecular flexibility index (Phi) is 4.63. The predicted octanol–water partition coefficient (Wildman–Crippen LogP) is 4.27. The van der Waals surface area contributed by atoms with Crippen molar-refractivity contribution in [3.8, 4) is 10.6 Å². The summed E-state index contributed by atoms with van der Waals surface area (Å²) in [6.07, 6.45) is 1.72. The molecule has 0 aliphatic rings. The van der Waals surface area contributed by atoms with E-state index in [1.165, 1.54) is 12.1 Å². The molecule has 0 saturated carbocycles. The molecule has 0 fully saturated rings. The SMILES string of the molecule is O=C(NCc1cccnc1-c1cccs1)Nc1ccccc1F. The highest BCUT2D eigenvalue weighted by Crippen LogP contribution is 2.25. The summed E-state index contributed by atoms with van der Waals surface area (Å²) in [6.45, 7) is 0.307. The van der Waals surface area contributed by atoms with Gasteiger partial charge >= 0.3 is 6.03 Å². The lowest BCUT2D eigenvalue weighted by Crippen LogP contribution is -2.28. The molecule has 2 heterocycles. The number of nitrogens with zero attached hydrogens (tertiary/aromatic N) is 1. The van der Waals surface area contributed by atoms with Crippen LogP contribution in [0, 0.1) is 5.82 Å². The number of para-hydroxylation sites is 1. The predicted molar refractivity (Wildman–Crippen MR) is 89.8 cm³/mol. The molecule has 0 spiro atoms. The number of thiophene rings is 1. The molecule has 1 aromatic carbocycles. The van der Waals surface area contributed by atoms with E-state index in [0.717, 1.165) is 16.1 Å². The van der Waals surface area contributed by atoms with Crippen LogP contribution < -0.4 is 10.6 Å². The largest absolute Gasteiger partial charge is 0.334 e. The lowest BCUT2D eigenvalue weighted by molar-refractivity contribution is 0.251. The summed E-state index contributed by atoms with van der Waals surface area (Å²) in [5.74, 6) is -0.469. The summed E-state index contributed by atoms with van der Waals surface area (Å²) in [5, 5.41) is 7.20. The van der Waals surface area contributed by atoms with E-state index in [1.54, 1.807) is 29.7 Å². The molecule has 2 amide bonds. The Balaban J connectivity index is 1.67. The van der Waals surface area contributed by atoms with Crippen LogP contribution in [0.4, 0.5) is 14.9 Å². The highest BCUT2D eigenvalue weighted by Gasteiger charge is 2.10. The molecule has 0 aliphatic carbocycles. The van der Waals surface area contributed by atoms with E-state index < -0.39 is 11.8 Å². The Labute approximate surface area is 137 Å². The number of benzene rings is 1. The third-order valence-electron chi connectivity index (χ3n) is 3.21. The number of carbonyl (C=O) groups is 1. The van der Waals surface area contributed by atoms with Crippen molar-refractivity contribution >= 4 is 23.1 Å². The third kappa shape index (κ3) is 3.73. The number of amides is 2. The number of hydrogen-bond donors (Lipinski definition) is 2. The van der Waals surface area contributed by atoms with Crippen molar-refractivity contribution in [1.29, 1.82) is 0 Å². The zero-order chi connectivity index (χ0) is 16.1. The number of anilines is 1. The van der Waals surface area contributed by atoms with Crippen LogP contribution in [0.15, 0.2) is 60.1 Å². The number of urea groups is 1. The molecule has 3 aromatic rings. The minimum Gasteiger partial charge on any atom is -0.334 e. The summed E-state index contributed by atoms with van der Waals surface area (Å²) >= 11 is 1.59. The molecule has 2 aromatic heterocycles. The van der Waals surface area contributed by atoms with Crippen molar-refractivity contribution in [2.24, 2.45) is 0 Å². The quantitative estimate of drug-likeness (QED) is 0.752. The topological polar surface area (TPSA) is 54.0 Å². The minimum absolute atomic E-state index is 0.148. The van der Waals surface area contributed by atoms with E-state index in [9.17, 15) is 9.18 Å². The summed E-state index contributed by atoms with van der Waals surface area (Å²) in [6, 6.07) is 13.2. The van der Waals surface area contributed by atoms with Gasteiger partial charge in [-0.05, 0) is 35.2 Å². The lowest BCUT2D eigenvalue weighted by atomic mass is 10.1. The molecule has 23 heavy (non-hydrogen) atoms. The first-order chi connectivity index (χ1) is 11.2. The molecule has 0 atom stereocenters. The normalized spacial score (nSPS) is 10.3. The summed E-state index contributed by atoms with van der Waals surface area (Å²) in [4.78, 5) is 17.3. The second-order valence-electron chi connectivity index (χ2n) is 4.78. The lowest BCUT2D eigenvalue weighted by Gasteiger charge is -2.10. The van der Waals surface area contributed by atoms with E-state index >= 15 is 0 Å². The highest BCUT2D eigenvalue weighted by atomic mass is 32.1. The van der Waals surface area contributed by atoms with Gasteiger partial charge in [-0.3, -0.25) is 4.98 Å². The Hall–Kier alpha value is -2.73. The maximum atomic E-state index is 13.5. The average molecular weight is 327 g/mol. The van der Waals surface area contributed by atoms with Gasteiger partial charge in [-0.1, -0.05) is 24.3 Å². The van der Waals surface area contributed by atoms with Crippen molar-refractivity contribution in [3.05, 3.63) is 71.5 Å². The smallest absolute Gasteiger partial charge is 0.319 e. The molecular formula is C17H14FN3OS. The molecule has 0 aliphatic heterocycles. The molecule has 116 valence electrons. The molecule has 2 N–H and O–H groups in total. The van der Waals surface area contributed by atoms with Crippen LogP contribution in [0.1, 0.15) is 5.56 Å². The molecule has 0 radical (unpaired) electrons. The number of carbonyl (C=O) groups excluding carboxylic acids is 1. The van der Waals surface area contributed by atoms with Crippen LogP contribution in [-0.4, -0.2) is 11.0 Å². The molecule has 3 rings (SSSR count). The van der Waals surface area contributed by atoms with Gasteiger partial charge in [0.1, 0.15) is 5.82 Å². The van der Waals surface area contributed by atoms with Crippen molar-refractivity contribution < 1.29 is 9.18 Å². The maximum Gasteiger partial charge on any atom is 0.319 e. The first-order valence-electron chi connectivity index (χ1n) is 7.01. The van der Waals surface area contributed by atoms with E-state index in [4.69, 9.17) is 0 Å². The van der Waals surface area contributed by atoms with Crippen molar-refractivity contribution in [3.63, 3.8) is 0 Å². The number of halogens is 1. The van der Waals surface area contributed by atoms with E-state index in [-0.39, 0.29) is 5.69 Å². The van der Waals surface area contributed by atoms with Crippen LogP contribution >= 0.6 is 11.3 Å². The Morgan fingerprint density at radius 1 is 1.13 bits per heavy atom. The zero-order valence-electron chi connectivity index (χ0n) is 12.1. The molecule has 0 saturated heterocycles. The van der Waals surface area contributed by atoms with Crippen LogP contribution in [0.3, 0.4) is 0 Å². The molecule has 0 bridgehead atoms. The van der Waals surface area contributed by atoms with Crippen LogP contribution in [0.2, 0.25) is 0 Å².